The Balaban J connectivity index is 1.42. The Kier molecular flexibility index (Phi) is 5.69. The number of piperazine rings is 1. The van der Waals surface area contributed by atoms with Gasteiger partial charge in [-0.1, -0.05) is 35.4 Å². The SMILES string of the molecule is Cc1ccc(Oc2cc(N3CCN(S(=O)(=O)c4ccc(C)cc4)CC3)ncn2)cc1. The Labute approximate surface area is 177 Å². The first kappa shape index (κ1) is 20.3. The van der Waals surface area contributed by atoms with Crippen LogP contribution in [0.5, 0.6) is 11.6 Å². The van der Waals surface area contributed by atoms with E-state index < -0.39 is 10.0 Å². The molecule has 0 aliphatic carbocycles. The van der Waals surface area contributed by atoms with Gasteiger partial charge in [-0.3, -0.25) is 0 Å². The van der Waals surface area contributed by atoms with E-state index in [1.54, 1.807) is 18.2 Å². The summed E-state index contributed by atoms with van der Waals surface area (Å²) >= 11 is 0. The summed E-state index contributed by atoms with van der Waals surface area (Å²) in [6.45, 7) is 5.85. The molecule has 4 rings (SSSR count). The summed E-state index contributed by atoms with van der Waals surface area (Å²) in [5.74, 6) is 1.89. The maximum Gasteiger partial charge on any atom is 0.243 e. The first-order valence-electron chi connectivity index (χ1n) is 9.80. The highest BCUT2D eigenvalue weighted by molar-refractivity contribution is 7.89. The minimum atomic E-state index is -3.49. The number of aromatic nitrogens is 2. The van der Waals surface area contributed by atoms with E-state index in [9.17, 15) is 8.42 Å². The summed E-state index contributed by atoms with van der Waals surface area (Å²) in [6, 6.07) is 16.5. The standard InChI is InChI=1S/C22H24N4O3S/c1-17-3-7-19(8-4-17)29-22-15-21(23-16-24-22)25-11-13-26(14-12-25)30(27,28)20-9-5-18(2)6-10-20/h3-10,15-16H,11-14H2,1-2H3. The van der Waals surface area contributed by atoms with Crippen molar-refractivity contribution in [2.75, 3.05) is 31.1 Å². The number of ether oxygens (including phenoxy) is 1. The van der Waals surface area contributed by atoms with Crippen molar-refractivity contribution in [1.29, 1.82) is 0 Å². The second-order valence-corrected chi connectivity index (χ2v) is 9.27. The first-order valence-corrected chi connectivity index (χ1v) is 11.2. The molecule has 1 aromatic heterocycles. The van der Waals surface area contributed by atoms with Crippen molar-refractivity contribution in [3.05, 3.63) is 72.1 Å². The summed E-state index contributed by atoms with van der Waals surface area (Å²) in [5, 5.41) is 0. The van der Waals surface area contributed by atoms with Crippen LogP contribution in [0.3, 0.4) is 0 Å². The summed E-state index contributed by atoms with van der Waals surface area (Å²) < 4.78 is 33.1. The van der Waals surface area contributed by atoms with Crippen LogP contribution in [0.2, 0.25) is 0 Å². The van der Waals surface area contributed by atoms with E-state index in [-0.39, 0.29) is 0 Å². The van der Waals surface area contributed by atoms with Gasteiger partial charge in [-0.2, -0.15) is 4.31 Å². The van der Waals surface area contributed by atoms with Crippen molar-refractivity contribution in [3.8, 4) is 11.6 Å². The lowest BCUT2D eigenvalue weighted by Gasteiger charge is -2.34. The van der Waals surface area contributed by atoms with E-state index in [1.165, 1.54) is 10.6 Å². The highest BCUT2D eigenvalue weighted by Gasteiger charge is 2.29. The number of benzene rings is 2. The van der Waals surface area contributed by atoms with Gasteiger partial charge < -0.3 is 9.64 Å². The number of rotatable bonds is 5. The van der Waals surface area contributed by atoms with Crippen molar-refractivity contribution in [1.82, 2.24) is 14.3 Å². The Bertz CT molecular complexity index is 1110. The molecule has 30 heavy (non-hydrogen) atoms. The van der Waals surface area contributed by atoms with Crippen molar-refractivity contribution in [3.63, 3.8) is 0 Å². The minimum Gasteiger partial charge on any atom is -0.439 e. The molecular formula is C22H24N4O3S. The molecule has 0 atom stereocenters. The van der Waals surface area contributed by atoms with Crippen molar-refractivity contribution in [2.24, 2.45) is 0 Å². The maximum absolute atomic E-state index is 12.9. The Morgan fingerprint density at radius 3 is 2.07 bits per heavy atom. The average molecular weight is 425 g/mol. The normalized spacial score (nSPS) is 15.2. The van der Waals surface area contributed by atoms with Gasteiger partial charge in [-0.25, -0.2) is 18.4 Å². The number of aryl methyl sites for hydroxylation is 2. The molecule has 7 nitrogen and oxygen atoms in total. The van der Waals surface area contributed by atoms with Gasteiger partial charge in [0.15, 0.2) is 0 Å². The molecular weight excluding hydrogens is 400 g/mol. The van der Waals surface area contributed by atoms with Crippen LogP contribution in [0.4, 0.5) is 5.82 Å². The van der Waals surface area contributed by atoms with E-state index in [1.807, 2.05) is 55.1 Å². The molecule has 8 heteroatoms. The molecule has 1 fully saturated rings. The lowest BCUT2D eigenvalue weighted by Crippen LogP contribution is -2.48. The summed E-state index contributed by atoms with van der Waals surface area (Å²) in [7, 11) is -3.49. The monoisotopic (exact) mass is 424 g/mol. The molecule has 2 aromatic carbocycles. The second-order valence-electron chi connectivity index (χ2n) is 7.33. The molecule has 1 aliphatic rings. The average Bonchev–Trinajstić information content (AvgIpc) is 2.76. The highest BCUT2D eigenvalue weighted by Crippen LogP contribution is 2.24. The largest absolute Gasteiger partial charge is 0.439 e. The van der Waals surface area contributed by atoms with Crippen LogP contribution in [-0.4, -0.2) is 48.9 Å². The molecule has 1 saturated heterocycles. The van der Waals surface area contributed by atoms with E-state index in [0.29, 0.717) is 42.7 Å². The van der Waals surface area contributed by atoms with Crippen molar-refractivity contribution < 1.29 is 13.2 Å². The molecule has 1 aliphatic heterocycles. The molecule has 0 N–H and O–H groups in total. The third-order valence-electron chi connectivity index (χ3n) is 5.09. The zero-order valence-electron chi connectivity index (χ0n) is 17.0. The summed E-state index contributed by atoms with van der Waals surface area (Å²) in [4.78, 5) is 10.9. The number of anilines is 1. The minimum absolute atomic E-state index is 0.331. The van der Waals surface area contributed by atoms with Gasteiger partial charge in [0.05, 0.1) is 4.90 Å². The van der Waals surface area contributed by atoms with Gasteiger partial charge in [0.2, 0.25) is 15.9 Å². The molecule has 0 unspecified atom stereocenters. The molecule has 2 heterocycles. The maximum atomic E-state index is 12.9. The van der Waals surface area contributed by atoms with E-state index in [2.05, 4.69) is 9.97 Å². The Hall–Kier alpha value is -2.97. The van der Waals surface area contributed by atoms with Gasteiger partial charge in [-0.05, 0) is 38.1 Å². The number of nitrogens with zero attached hydrogens (tertiary/aromatic N) is 4. The highest BCUT2D eigenvalue weighted by atomic mass is 32.2. The van der Waals surface area contributed by atoms with Gasteiger partial charge in [0.25, 0.3) is 0 Å². The second kappa shape index (κ2) is 8.41. The van der Waals surface area contributed by atoms with E-state index in [4.69, 9.17) is 4.74 Å². The first-order chi connectivity index (χ1) is 14.4. The molecule has 0 saturated carbocycles. The van der Waals surface area contributed by atoms with Gasteiger partial charge in [-0.15, -0.1) is 0 Å². The fourth-order valence-electron chi connectivity index (χ4n) is 3.30. The van der Waals surface area contributed by atoms with Crippen LogP contribution in [0, 0.1) is 13.8 Å². The van der Waals surface area contributed by atoms with E-state index in [0.717, 1.165) is 16.9 Å². The smallest absolute Gasteiger partial charge is 0.243 e. The molecule has 0 amide bonds. The van der Waals surface area contributed by atoms with Crippen LogP contribution >= 0.6 is 0 Å². The molecule has 3 aromatic rings. The van der Waals surface area contributed by atoms with Gasteiger partial charge in [0, 0.05) is 32.2 Å². The predicted molar refractivity (Wildman–Crippen MR) is 115 cm³/mol. The zero-order chi connectivity index (χ0) is 21.1. The van der Waals surface area contributed by atoms with Crippen LogP contribution in [0.25, 0.3) is 0 Å². The third kappa shape index (κ3) is 4.44. The fourth-order valence-corrected chi connectivity index (χ4v) is 4.72. The molecule has 0 spiro atoms. The Morgan fingerprint density at radius 1 is 0.833 bits per heavy atom. The van der Waals surface area contributed by atoms with Crippen LogP contribution < -0.4 is 9.64 Å². The number of sulfonamides is 1. The summed E-state index contributed by atoms with van der Waals surface area (Å²) in [5.41, 5.74) is 2.19. The van der Waals surface area contributed by atoms with Crippen LogP contribution in [-0.2, 0) is 10.0 Å². The van der Waals surface area contributed by atoms with Crippen LogP contribution in [0.15, 0.2) is 65.8 Å². The van der Waals surface area contributed by atoms with E-state index >= 15 is 0 Å². The topological polar surface area (TPSA) is 75.6 Å². The Morgan fingerprint density at radius 2 is 1.43 bits per heavy atom. The van der Waals surface area contributed by atoms with Crippen molar-refractivity contribution >= 4 is 15.8 Å². The molecule has 0 bridgehead atoms. The predicted octanol–water partition coefficient (Wildman–Crippen LogP) is 3.40. The summed E-state index contributed by atoms with van der Waals surface area (Å²) in [6.07, 6.45) is 1.47. The molecule has 0 radical (unpaired) electrons. The van der Waals surface area contributed by atoms with Crippen LogP contribution in [0.1, 0.15) is 11.1 Å². The third-order valence-corrected chi connectivity index (χ3v) is 7.01. The number of hydrogen-bond acceptors (Lipinski definition) is 6. The van der Waals surface area contributed by atoms with Gasteiger partial charge in [0.1, 0.15) is 17.9 Å². The van der Waals surface area contributed by atoms with Crippen molar-refractivity contribution in [2.45, 2.75) is 18.7 Å². The number of hydrogen-bond donors (Lipinski definition) is 0. The molecule has 156 valence electrons. The quantitative estimate of drug-likeness (QED) is 0.625. The lowest BCUT2D eigenvalue weighted by molar-refractivity contribution is 0.383. The fraction of sp³-hybridized carbons (Fsp3) is 0.273. The zero-order valence-corrected chi connectivity index (χ0v) is 17.8. The van der Waals surface area contributed by atoms with Gasteiger partial charge >= 0.3 is 0 Å². The lowest BCUT2D eigenvalue weighted by atomic mass is 10.2.